The molecule has 26 heavy (non-hydrogen) atoms. The Kier molecular flexibility index (Phi) is 5.39. The van der Waals surface area contributed by atoms with Crippen LogP contribution in [-0.2, 0) is 0 Å². The van der Waals surface area contributed by atoms with Gasteiger partial charge in [0.25, 0.3) is 0 Å². The zero-order valence-electron chi connectivity index (χ0n) is 15.4. The van der Waals surface area contributed by atoms with Crippen LogP contribution in [0.25, 0.3) is 11.0 Å². The molecule has 2 aliphatic heterocycles. The van der Waals surface area contributed by atoms with Crippen LogP contribution in [-0.4, -0.2) is 60.5 Å². The number of ether oxygens (including phenoxy) is 1. The molecule has 0 atom stereocenters. The van der Waals surface area contributed by atoms with Gasteiger partial charge in [0.15, 0.2) is 12.0 Å². The van der Waals surface area contributed by atoms with Gasteiger partial charge in [0.2, 0.25) is 0 Å². The van der Waals surface area contributed by atoms with Gasteiger partial charge in [-0.3, -0.25) is 4.79 Å². The van der Waals surface area contributed by atoms with Gasteiger partial charge < -0.3 is 19.5 Å². The van der Waals surface area contributed by atoms with E-state index in [2.05, 4.69) is 19.8 Å². The maximum atomic E-state index is 11.2. The van der Waals surface area contributed by atoms with Crippen molar-refractivity contribution in [2.45, 2.75) is 38.5 Å². The zero-order chi connectivity index (χ0) is 17.8. The summed E-state index contributed by atoms with van der Waals surface area (Å²) in [4.78, 5) is 23.7. The number of nitrogens with one attached hydrogen (secondary N) is 1. The first-order valence-corrected chi connectivity index (χ1v) is 9.92. The smallest absolute Gasteiger partial charge is 0.166 e. The molecule has 2 fully saturated rings. The Morgan fingerprint density at radius 3 is 2.65 bits per heavy atom. The van der Waals surface area contributed by atoms with Gasteiger partial charge in [0, 0.05) is 25.0 Å². The topological polar surface area (TPSA) is 61.5 Å². The summed E-state index contributed by atoms with van der Waals surface area (Å²) in [5, 5.41) is 0.992. The fourth-order valence-electron chi connectivity index (χ4n) is 4.15. The predicted molar refractivity (Wildman–Crippen MR) is 103 cm³/mol. The van der Waals surface area contributed by atoms with Crippen molar-refractivity contribution in [2.24, 2.45) is 0 Å². The van der Waals surface area contributed by atoms with E-state index in [0.717, 1.165) is 54.8 Å². The number of nitrogens with zero attached hydrogens (tertiary/aromatic N) is 3. The van der Waals surface area contributed by atoms with E-state index in [1.807, 2.05) is 12.3 Å². The molecule has 0 aliphatic carbocycles. The number of rotatable bonds is 7. The van der Waals surface area contributed by atoms with E-state index in [4.69, 9.17) is 4.74 Å². The average Bonchev–Trinajstić information content (AvgIpc) is 3.34. The minimum atomic E-state index is 0.567. The number of aldehydes is 1. The van der Waals surface area contributed by atoms with E-state index in [9.17, 15) is 4.79 Å². The number of aromatic nitrogens is 2. The molecule has 1 N–H and O–H groups in total. The fourth-order valence-corrected chi connectivity index (χ4v) is 4.15. The molecule has 0 unspecified atom stereocenters. The maximum absolute atomic E-state index is 11.2. The largest absolute Gasteiger partial charge is 0.490 e. The number of hydrogen-bond acceptors (Lipinski definition) is 5. The molecule has 0 amide bonds. The van der Waals surface area contributed by atoms with E-state index in [1.165, 1.54) is 45.2 Å². The van der Waals surface area contributed by atoms with E-state index in [0.29, 0.717) is 12.3 Å². The van der Waals surface area contributed by atoms with Crippen LogP contribution in [0.1, 0.15) is 49.0 Å². The molecule has 4 heterocycles. The molecular weight excluding hydrogens is 328 g/mol. The van der Waals surface area contributed by atoms with Crippen LogP contribution in [0.5, 0.6) is 5.75 Å². The Morgan fingerprint density at radius 1 is 1.12 bits per heavy atom. The lowest BCUT2D eigenvalue weighted by Gasteiger charge is -2.30. The van der Waals surface area contributed by atoms with Crippen LogP contribution in [0.3, 0.4) is 0 Å². The molecule has 0 radical (unpaired) electrons. The number of carbonyl (C=O) groups excluding carboxylic acids is 1. The minimum absolute atomic E-state index is 0.567. The van der Waals surface area contributed by atoms with Gasteiger partial charge in [-0.25, -0.2) is 4.98 Å². The highest BCUT2D eigenvalue weighted by atomic mass is 16.5. The Balaban J connectivity index is 1.52. The molecular formula is C20H28N4O2. The molecule has 0 spiro atoms. The minimum Gasteiger partial charge on any atom is -0.490 e. The Labute approximate surface area is 154 Å². The van der Waals surface area contributed by atoms with Crippen LogP contribution in [0.2, 0.25) is 0 Å². The van der Waals surface area contributed by atoms with Gasteiger partial charge >= 0.3 is 0 Å². The quantitative estimate of drug-likeness (QED) is 0.610. The average molecular weight is 356 g/mol. The molecule has 0 saturated carbocycles. The Bertz CT molecular complexity index is 746. The molecule has 2 aromatic rings. The molecule has 6 nitrogen and oxygen atoms in total. The molecule has 0 bridgehead atoms. The van der Waals surface area contributed by atoms with E-state index < -0.39 is 0 Å². The van der Waals surface area contributed by atoms with E-state index in [1.54, 1.807) is 0 Å². The second-order valence-electron chi connectivity index (χ2n) is 7.37. The number of carbonyl (C=O) groups is 1. The number of hydrogen-bond donors (Lipinski definition) is 1. The number of pyridine rings is 1. The molecule has 2 aliphatic rings. The second-order valence-corrected chi connectivity index (χ2v) is 7.37. The lowest BCUT2D eigenvalue weighted by molar-refractivity contribution is 0.111. The summed E-state index contributed by atoms with van der Waals surface area (Å²) >= 11 is 0. The number of likely N-dealkylation sites (tertiary alicyclic amines) is 1. The molecule has 4 rings (SSSR count). The lowest BCUT2D eigenvalue weighted by atomic mass is 10.1. The third-order valence-electron chi connectivity index (χ3n) is 5.49. The van der Waals surface area contributed by atoms with Crippen molar-refractivity contribution in [1.82, 2.24) is 14.9 Å². The third kappa shape index (κ3) is 3.70. The van der Waals surface area contributed by atoms with E-state index >= 15 is 0 Å². The monoisotopic (exact) mass is 356 g/mol. The summed E-state index contributed by atoms with van der Waals surface area (Å²) in [5.74, 6) is 0.845. The van der Waals surface area contributed by atoms with Gasteiger partial charge in [-0.05, 0) is 57.7 Å². The molecule has 2 aromatic heterocycles. The molecule has 0 aromatic carbocycles. The standard InChI is InChI=1S/C20H28N4O2/c25-15-16-13-17-19(24-10-2-1-3-11-24)18(14-21-20(17)22-16)26-12-6-9-23-7-4-5-8-23/h13-15H,1-12H2,(H,21,22). The van der Waals surface area contributed by atoms with Crippen LogP contribution in [0.4, 0.5) is 5.69 Å². The van der Waals surface area contributed by atoms with Gasteiger partial charge in [-0.1, -0.05) is 0 Å². The van der Waals surface area contributed by atoms with Crippen LogP contribution < -0.4 is 9.64 Å². The first-order valence-electron chi connectivity index (χ1n) is 9.92. The number of H-pyrrole nitrogens is 1. The van der Waals surface area contributed by atoms with Crippen molar-refractivity contribution < 1.29 is 9.53 Å². The van der Waals surface area contributed by atoms with Crippen molar-refractivity contribution in [1.29, 1.82) is 0 Å². The van der Waals surface area contributed by atoms with Crippen molar-refractivity contribution in [3.8, 4) is 5.75 Å². The van der Waals surface area contributed by atoms with Crippen molar-refractivity contribution in [3.63, 3.8) is 0 Å². The Morgan fingerprint density at radius 2 is 1.88 bits per heavy atom. The fraction of sp³-hybridized carbons (Fsp3) is 0.600. The Hall–Kier alpha value is -2.08. The van der Waals surface area contributed by atoms with Crippen molar-refractivity contribution in [3.05, 3.63) is 18.0 Å². The zero-order valence-corrected chi connectivity index (χ0v) is 15.4. The van der Waals surface area contributed by atoms with Crippen LogP contribution in [0, 0.1) is 0 Å². The number of fused-ring (bicyclic) bond motifs is 1. The molecule has 6 heteroatoms. The molecule has 140 valence electrons. The normalized spacial score (nSPS) is 18.5. The van der Waals surface area contributed by atoms with Crippen molar-refractivity contribution in [2.75, 3.05) is 44.2 Å². The first kappa shape index (κ1) is 17.3. The summed E-state index contributed by atoms with van der Waals surface area (Å²) in [6.07, 6.45) is 10.0. The highest BCUT2D eigenvalue weighted by molar-refractivity contribution is 5.97. The lowest BCUT2D eigenvalue weighted by Crippen LogP contribution is -2.30. The highest BCUT2D eigenvalue weighted by Crippen LogP contribution is 2.37. The summed E-state index contributed by atoms with van der Waals surface area (Å²) < 4.78 is 6.17. The summed E-state index contributed by atoms with van der Waals surface area (Å²) in [6.45, 7) is 6.33. The van der Waals surface area contributed by atoms with Crippen LogP contribution >= 0.6 is 0 Å². The van der Waals surface area contributed by atoms with Gasteiger partial charge in [-0.2, -0.15) is 0 Å². The number of anilines is 1. The summed E-state index contributed by atoms with van der Waals surface area (Å²) in [7, 11) is 0. The van der Waals surface area contributed by atoms with Gasteiger partial charge in [0.1, 0.15) is 5.65 Å². The van der Waals surface area contributed by atoms with E-state index in [-0.39, 0.29) is 0 Å². The SMILES string of the molecule is O=Cc1cc2c(N3CCCCC3)c(OCCCN3CCCC3)cnc2[nH]1. The molecule has 2 saturated heterocycles. The maximum Gasteiger partial charge on any atom is 0.166 e. The highest BCUT2D eigenvalue weighted by Gasteiger charge is 2.21. The second kappa shape index (κ2) is 8.08. The van der Waals surface area contributed by atoms with Gasteiger partial charge in [0.05, 0.1) is 24.2 Å². The third-order valence-corrected chi connectivity index (χ3v) is 5.49. The van der Waals surface area contributed by atoms with Crippen LogP contribution in [0.15, 0.2) is 12.3 Å². The number of piperidine rings is 1. The summed E-state index contributed by atoms with van der Waals surface area (Å²) in [5.41, 5.74) is 2.43. The van der Waals surface area contributed by atoms with Gasteiger partial charge in [-0.15, -0.1) is 0 Å². The predicted octanol–water partition coefficient (Wildman–Crippen LogP) is 3.23. The number of aromatic amines is 1. The van der Waals surface area contributed by atoms with Crippen molar-refractivity contribution >= 4 is 23.0 Å². The summed E-state index contributed by atoms with van der Waals surface area (Å²) in [6, 6.07) is 1.90. The first-order chi connectivity index (χ1) is 12.8.